The lowest BCUT2D eigenvalue weighted by Crippen LogP contribution is -2.37. The fraction of sp³-hybridized carbons (Fsp3) is 0.684. The molecule has 1 saturated heterocycles. The molecule has 6 heteroatoms. The van der Waals surface area contributed by atoms with E-state index in [9.17, 15) is 9.59 Å². The summed E-state index contributed by atoms with van der Waals surface area (Å²) >= 11 is 0. The van der Waals surface area contributed by atoms with E-state index in [0.29, 0.717) is 31.7 Å². The minimum atomic E-state index is -0.0930. The Morgan fingerprint density at radius 3 is 2.48 bits per heavy atom. The number of amides is 2. The predicted octanol–water partition coefficient (Wildman–Crippen LogP) is 2.51. The van der Waals surface area contributed by atoms with Crippen molar-refractivity contribution in [2.45, 2.75) is 51.4 Å². The van der Waals surface area contributed by atoms with Crippen LogP contribution in [0.4, 0.5) is 0 Å². The van der Waals surface area contributed by atoms with Crippen molar-refractivity contribution in [3.8, 4) is 0 Å². The summed E-state index contributed by atoms with van der Waals surface area (Å²) in [6.45, 7) is 2.61. The van der Waals surface area contributed by atoms with E-state index in [1.54, 1.807) is 11.1 Å². The number of rotatable bonds is 4. The molecule has 0 radical (unpaired) electrons. The quantitative estimate of drug-likeness (QED) is 0.842. The van der Waals surface area contributed by atoms with Crippen LogP contribution in [-0.4, -0.2) is 57.8 Å². The summed E-state index contributed by atoms with van der Waals surface area (Å²) in [7, 11) is 0. The Morgan fingerprint density at radius 1 is 0.960 bits per heavy atom. The molecule has 1 aromatic rings. The molecule has 0 N–H and O–H groups in total. The first-order chi connectivity index (χ1) is 12.2. The monoisotopic (exact) mass is 344 g/mol. The van der Waals surface area contributed by atoms with Gasteiger partial charge in [0.1, 0.15) is 5.69 Å². The summed E-state index contributed by atoms with van der Waals surface area (Å²) in [4.78, 5) is 36.8. The lowest BCUT2D eigenvalue weighted by atomic mass is 9.86. The second kappa shape index (κ2) is 8.92. The van der Waals surface area contributed by atoms with Crippen LogP contribution in [0.25, 0.3) is 0 Å². The highest BCUT2D eigenvalue weighted by Gasteiger charge is 2.24. The molecule has 1 aliphatic heterocycles. The zero-order valence-corrected chi connectivity index (χ0v) is 14.9. The molecular formula is C19H28N4O2. The average molecular weight is 344 g/mol. The highest BCUT2D eigenvalue weighted by Crippen LogP contribution is 2.27. The van der Waals surface area contributed by atoms with Crippen LogP contribution < -0.4 is 0 Å². The van der Waals surface area contributed by atoms with Gasteiger partial charge in [-0.25, -0.2) is 4.98 Å². The first-order valence-electron chi connectivity index (χ1n) is 9.57. The van der Waals surface area contributed by atoms with E-state index in [2.05, 4.69) is 9.97 Å². The smallest absolute Gasteiger partial charge is 0.274 e. The molecule has 1 saturated carbocycles. The Kier molecular flexibility index (Phi) is 6.36. The van der Waals surface area contributed by atoms with Gasteiger partial charge in [0.2, 0.25) is 5.91 Å². The number of carbonyl (C=O) groups is 2. The highest BCUT2D eigenvalue weighted by atomic mass is 16.2. The molecule has 0 spiro atoms. The lowest BCUT2D eigenvalue weighted by molar-refractivity contribution is -0.131. The number of nitrogens with zero attached hydrogens (tertiary/aromatic N) is 4. The van der Waals surface area contributed by atoms with E-state index >= 15 is 0 Å². The zero-order chi connectivity index (χ0) is 17.5. The Bertz CT molecular complexity index is 572. The molecule has 25 heavy (non-hydrogen) atoms. The van der Waals surface area contributed by atoms with Gasteiger partial charge in [0.25, 0.3) is 5.91 Å². The van der Waals surface area contributed by atoms with Gasteiger partial charge < -0.3 is 9.80 Å². The maximum atomic E-state index is 12.5. The van der Waals surface area contributed by atoms with Gasteiger partial charge in [-0.15, -0.1) is 0 Å². The third kappa shape index (κ3) is 5.00. The molecule has 1 aliphatic carbocycles. The van der Waals surface area contributed by atoms with Gasteiger partial charge in [0, 0.05) is 45.0 Å². The van der Waals surface area contributed by atoms with Gasteiger partial charge in [-0.1, -0.05) is 32.1 Å². The Balaban J connectivity index is 1.47. The molecule has 2 amide bonds. The van der Waals surface area contributed by atoms with Gasteiger partial charge in [0.05, 0.1) is 6.20 Å². The van der Waals surface area contributed by atoms with Crippen molar-refractivity contribution in [3.63, 3.8) is 0 Å². The van der Waals surface area contributed by atoms with Gasteiger partial charge >= 0.3 is 0 Å². The molecule has 1 aromatic heterocycles. The van der Waals surface area contributed by atoms with Gasteiger partial charge in [-0.05, 0) is 18.8 Å². The van der Waals surface area contributed by atoms with Crippen molar-refractivity contribution >= 4 is 11.8 Å². The summed E-state index contributed by atoms with van der Waals surface area (Å²) < 4.78 is 0. The third-order valence-electron chi connectivity index (χ3n) is 5.41. The molecule has 3 rings (SSSR count). The van der Waals surface area contributed by atoms with E-state index in [0.717, 1.165) is 25.3 Å². The SMILES string of the molecule is O=C(CCC1CCCCC1)N1CCCN(C(=O)c2cnccn2)CC1. The summed E-state index contributed by atoms with van der Waals surface area (Å²) in [5.41, 5.74) is 0.375. The standard InChI is InChI=1S/C19H28N4O2/c24-18(8-7-16-5-2-1-3-6-16)22-11-4-12-23(14-13-22)19(25)17-15-20-9-10-21-17/h9-10,15-16H,1-8,11-14H2. The van der Waals surface area contributed by atoms with Crippen molar-refractivity contribution < 1.29 is 9.59 Å². The first-order valence-corrected chi connectivity index (χ1v) is 9.57. The van der Waals surface area contributed by atoms with Crippen molar-refractivity contribution in [1.29, 1.82) is 0 Å². The molecule has 2 fully saturated rings. The maximum absolute atomic E-state index is 12.5. The van der Waals surface area contributed by atoms with E-state index in [-0.39, 0.29) is 11.8 Å². The number of carbonyl (C=O) groups excluding carboxylic acids is 2. The van der Waals surface area contributed by atoms with Crippen LogP contribution in [0.3, 0.4) is 0 Å². The molecular weight excluding hydrogens is 316 g/mol. The van der Waals surface area contributed by atoms with E-state index in [1.165, 1.54) is 44.5 Å². The molecule has 0 bridgehead atoms. The Morgan fingerprint density at radius 2 is 1.72 bits per heavy atom. The van der Waals surface area contributed by atoms with Crippen LogP contribution in [0.15, 0.2) is 18.6 Å². The lowest BCUT2D eigenvalue weighted by Gasteiger charge is -2.24. The van der Waals surface area contributed by atoms with Crippen molar-refractivity contribution in [2.75, 3.05) is 26.2 Å². The summed E-state index contributed by atoms with van der Waals surface area (Å²) in [6.07, 6.45) is 13.7. The van der Waals surface area contributed by atoms with E-state index in [4.69, 9.17) is 0 Å². The van der Waals surface area contributed by atoms with Crippen LogP contribution in [0.5, 0.6) is 0 Å². The molecule has 2 aliphatic rings. The van der Waals surface area contributed by atoms with Gasteiger partial charge in [-0.3, -0.25) is 14.6 Å². The molecule has 2 heterocycles. The van der Waals surface area contributed by atoms with Crippen LogP contribution in [0.2, 0.25) is 0 Å². The summed E-state index contributed by atoms with van der Waals surface area (Å²) in [5, 5.41) is 0. The van der Waals surface area contributed by atoms with Crippen LogP contribution in [-0.2, 0) is 4.79 Å². The van der Waals surface area contributed by atoms with Crippen molar-refractivity contribution in [3.05, 3.63) is 24.3 Å². The molecule has 0 aromatic carbocycles. The Labute approximate surface area is 149 Å². The molecule has 6 nitrogen and oxygen atoms in total. The fourth-order valence-corrected chi connectivity index (χ4v) is 3.90. The minimum absolute atomic E-state index is 0.0930. The minimum Gasteiger partial charge on any atom is -0.341 e. The predicted molar refractivity (Wildman–Crippen MR) is 94.9 cm³/mol. The number of aromatic nitrogens is 2. The highest BCUT2D eigenvalue weighted by molar-refractivity contribution is 5.92. The van der Waals surface area contributed by atoms with Crippen molar-refractivity contribution in [2.24, 2.45) is 5.92 Å². The van der Waals surface area contributed by atoms with Gasteiger partial charge in [-0.2, -0.15) is 0 Å². The topological polar surface area (TPSA) is 66.4 Å². The average Bonchev–Trinajstić information content (AvgIpc) is 2.93. The van der Waals surface area contributed by atoms with E-state index < -0.39 is 0 Å². The van der Waals surface area contributed by atoms with E-state index in [1.807, 2.05) is 4.90 Å². The molecule has 0 atom stereocenters. The van der Waals surface area contributed by atoms with Crippen molar-refractivity contribution in [1.82, 2.24) is 19.8 Å². The second-order valence-electron chi connectivity index (χ2n) is 7.16. The van der Waals surface area contributed by atoms with Crippen LogP contribution >= 0.6 is 0 Å². The largest absolute Gasteiger partial charge is 0.341 e. The number of hydrogen-bond acceptors (Lipinski definition) is 4. The summed E-state index contributed by atoms with van der Waals surface area (Å²) in [6, 6.07) is 0. The van der Waals surface area contributed by atoms with Gasteiger partial charge in [0.15, 0.2) is 0 Å². The fourth-order valence-electron chi connectivity index (χ4n) is 3.90. The number of hydrogen-bond donors (Lipinski definition) is 0. The molecule has 0 unspecified atom stereocenters. The zero-order valence-electron chi connectivity index (χ0n) is 14.9. The normalized spacial score (nSPS) is 19.5. The first kappa shape index (κ1) is 17.8. The maximum Gasteiger partial charge on any atom is 0.274 e. The van der Waals surface area contributed by atoms with Crippen LogP contribution in [0, 0.1) is 5.92 Å². The Hall–Kier alpha value is -1.98. The van der Waals surface area contributed by atoms with Crippen LogP contribution in [0.1, 0.15) is 61.9 Å². The molecule has 136 valence electrons. The second-order valence-corrected chi connectivity index (χ2v) is 7.16. The summed E-state index contributed by atoms with van der Waals surface area (Å²) in [5.74, 6) is 0.892. The third-order valence-corrected chi connectivity index (χ3v) is 5.41.